The summed E-state index contributed by atoms with van der Waals surface area (Å²) in [5.41, 5.74) is 0.387. The second-order valence-corrected chi connectivity index (χ2v) is 3.80. The number of carbonyl (C=O) groups excluding carboxylic acids is 1. The Balaban J connectivity index is 1.98. The summed E-state index contributed by atoms with van der Waals surface area (Å²) in [6.07, 6.45) is 0.199. The molecule has 5 N–H and O–H groups in total. The van der Waals surface area contributed by atoms with Crippen molar-refractivity contribution in [1.82, 2.24) is 15.4 Å². The average Bonchev–Trinajstić information content (AvgIpc) is 2.99. The number of aliphatic hydroxyl groups excluding tert-OH is 3. The Hall–Kier alpha value is -1.52. The van der Waals surface area contributed by atoms with Crippen LogP contribution in [0.5, 0.6) is 0 Å². The fourth-order valence-corrected chi connectivity index (χ4v) is 1.54. The third-order valence-electron chi connectivity index (χ3n) is 2.60. The molecule has 9 heteroatoms. The molecule has 100 valence electrons. The smallest absolute Gasteiger partial charge is 0.392 e. The number of hydroxylamine groups is 1. The predicted octanol–water partition coefficient (Wildman–Crippen LogP) is -2.49. The van der Waals surface area contributed by atoms with Gasteiger partial charge in [0.2, 0.25) is 11.5 Å². The molecule has 0 amide bonds. The fraction of sp³-hybridized carbons (Fsp3) is 0.556. The number of H-pyrrole nitrogens is 1. The normalized spacial score (nSPS) is 31.5. The van der Waals surface area contributed by atoms with Crippen molar-refractivity contribution >= 4 is 5.97 Å². The predicted molar refractivity (Wildman–Crippen MR) is 54.9 cm³/mol. The lowest BCUT2D eigenvalue weighted by Crippen LogP contribution is -2.57. The highest BCUT2D eigenvalue weighted by molar-refractivity contribution is 5.84. The van der Waals surface area contributed by atoms with Crippen LogP contribution in [0.3, 0.4) is 0 Å². The maximum absolute atomic E-state index is 11.4. The van der Waals surface area contributed by atoms with Crippen LogP contribution in [0, 0.1) is 0 Å². The molecular formula is C9H13N3O6. The van der Waals surface area contributed by atoms with Gasteiger partial charge in [-0.2, -0.15) is 0 Å². The van der Waals surface area contributed by atoms with Crippen molar-refractivity contribution in [2.75, 3.05) is 13.2 Å². The first kappa shape index (κ1) is 12.9. The van der Waals surface area contributed by atoms with Gasteiger partial charge >= 0.3 is 5.97 Å². The third kappa shape index (κ3) is 2.21. The summed E-state index contributed by atoms with van der Waals surface area (Å²) in [5, 5.41) is 28.1. The van der Waals surface area contributed by atoms with E-state index >= 15 is 0 Å². The Labute approximate surface area is 101 Å². The molecule has 0 bridgehead atoms. The number of nitrogens with one attached hydrogen (secondary N) is 2. The van der Waals surface area contributed by atoms with Crippen LogP contribution in [0.1, 0.15) is 10.6 Å². The van der Waals surface area contributed by atoms with Crippen LogP contribution in [0.4, 0.5) is 0 Å². The zero-order valence-electron chi connectivity index (χ0n) is 9.24. The van der Waals surface area contributed by atoms with Crippen molar-refractivity contribution in [2.45, 2.75) is 17.9 Å². The van der Waals surface area contributed by atoms with E-state index in [2.05, 4.69) is 20.3 Å². The van der Waals surface area contributed by atoms with Gasteiger partial charge in [0.05, 0.1) is 13.2 Å². The molecule has 0 unspecified atom stereocenters. The first-order valence-electron chi connectivity index (χ1n) is 5.18. The van der Waals surface area contributed by atoms with Crippen LogP contribution in [0.2, 0.25) is 0 Å². The molecule has 1 fully saturated rings. The number of hydrogen-bond acceptors (Lipinski definition) is 8. The zero-order valence-corrected chi connectivity index (χ0v) is 9.24. The number of carbonyl (C=O) groups is 1. The SMILES string of the molecule is O=C(ON[C@@]1(CO)OC[C@H](O)[C@@H]1O)c1ncc[nH]1. The number of hydrogen-bond donors (Lipinski definition) is 5. The van der Waals surface area contributed by atoms with Crippen LogP contribution in [-0.2, 0) is 9.57 Å². The van der Waals surface area contributed by atoms with E-state index in [1.54, 1.807) is 0 Å². The number of imidazole rings is 1. The van der Waals surface area contributed by atoms with Gasteiger partial charge in [0.15, 0.2) is 0 Å². The summed E-state index contributed by atoms with van der Waals surface area (Å²) in [6.45, 7) is -0.871. The Morgan fingerprint density at radius 3 is 3.00 bits per heavy atom. The van der Waals surface area contributed by atoms with Gasteiger partial charge in [-0.25, -0.2) is 9.78 Å². The highest BCUT2D eigenvalue weighted by Crippen LogP contribution is 2.23. The number of rotatable bonds is 4. The molecule has 1 aliphatic heterocycles. The molecule has 0 spiro atoms. The summed E-state index contributed by atoms with van der Waals surface area (Å²) in [7, 11) is 0. The maximum Gasteiger partial charge on any atom is 0.393 e. The van der Waals surface area contributed by atoms with Gasteiger partial charge in [-0.15, -0.1) is 5.48 Å². The molecule has 1 aromatic heterocycles. The third-order valence-corrected chi connectivity index (χ3v) is 2.60. The number of nitrogens with zero attached hydrogens (tertiary/aromatic N) is 1. The van der Waals surface area contributed by atoms with E-state index in [9.17, 15) is 20.1 Å². The van der Waals surface area contributed by atoms with Gasteiger partial charge in [0, 0.05) is 12.4 Å². The van der Waals surface area contributed by atoms with Crippen molar-refractivity contribution in [3.05, 3.63) is 18.2 Å². The minimum atomic E-state index is -1.73. The highest BCUT2D eigenvalue weighted by atomic mass is 16.7. The van der Waals surface area contributed by atoms with Crippen molar-refractivity contribution in [1.29, 1.82) is 0 Å². The molecule has 9 nitrogen and oxygen atoms in total. The topological polar surface area (TPSA) is 137 Å². The van der Waals surface area contributed by atoms with Crippen molar-refractivity contribution in [2.24, 2.45) is 0 Å². The van der Waals surface area contributed by atoms with Crippen LogP contribution in [-0.4, -0.2) is 62.4 Å². The lowest BCUT2D eigenvalue weighted by atomic mass is 10.1. The number of ether oxygens (including phenoxy) is 1. The van der Waals surface area contributed by atoms with Gasteiger partial charge in [-0.1, -0.05) is 0 Å². The molecule has 3 atom stereocenters. The van der Waals surface area contributed by atoms with Crippen molar-refractivity contribution in [3.8, 4) is 0 Å². The number of aromatic amines is 1. The van der Waals surface area contributed by atoms with Crippen molar-refractivity contribution < 1.29 is 29.7 Å². The minimum Gasteiger partial charge on any atom is -0.392 e. The summed E-state index contributed by atoms with van der Waals surface area (Å²) >= 11 is 0. The van der Waals surface area contributed by atoms with E-state index in [-0.39, 0.29) is 12.4 Å². The van der Waals surface area contributed by atoms with E-state index in [1.165, 1.54) is 12.4 Å². The highest BCUT2D eigenvalue weighted by Gasteiger charge is 2.50. The molecule has 0 aliphatic carbocycles. The molecule has 2 rings (SSSR count). The molecule has 1 saturated heterocycles. The van der Waals surface area contributed by atoms with Crippen molar-refractivity contribution in [3.63, 3.8) is 0 Å². The molecule has 0 aromatic carbocycles. The minimum absolute atomic E-state index is 0.0522. The van der Waals surface area contributed by atoms with Crippen LogP contribution in [0.15, 0.2) is 12.4 Å². The molecule has 1 aromatic rings. The van der Waals surface area contributed by atoms with Gasteiger partial charge < -0.3 is 29.9 Å². The first-order chi connectivity index (χ1) is 8.59. The number of aromatic nitrogens is 2. The Bertz CT molecular complexity index is 410. The monoisotopic (exact) mass is 259 g/mol. The summed E-state index contributed by atoms with van der Waals surface area (Å²) in [5.74, 6) is -0.895. The van der Waals surface area contributed by atoms with E-state index in [1.807, 2.05) is 0 Å². The molecule has 2 heterocycles. The lowest BCUT2D eigenvalue weighted by Gasteiger charge is -2.29. The molecule has 18 heavy (non-hydrogen) atoms. The first-order valence-corrected chi connectivity index (χ1v) is 5.18. The maximum atomic E-state index is 11.4. The van der Waals surface area contributed by atoms with Gasteiger partial charge in [0.25, 0.3) is 0 Å². The summed E-state index contributed by atoms with van der Waals surface area (Å²) in [4.78, 5) is 22.3. The fourth-order valence-electron chi connectivity index (χ4n) is 1.54. The quantitative estimate of drug-likeness (QED) is 0.375. The van der Waals surface area contributed by atoms with Crippen LogP contribution < -0.4 is 5.48 Å². The molecule has 1 aliphatic rings. The van der Waals surface area contributed by atoms with Crippen LogP contribution in [0.25, 0.3) is 0 Å². The second kappa shape index (κ2) is 5.00. The molecular weight excluding hydrogens is 246 g/mol. The van der Waals surface area contributed by atoms with Gasteiger partial charge in [0.1, 0.15) is 12.2 Å². The van der Waals surface area contributed by atoms with E-state index in [0.29, 0.717) is 0 Å². The summed E-state index contributed by atoms with van der Waals surface area (Å²) in [6, 6.07) is 0. The Kier molecular flexibility index (Phi) is 3.59. The Morgan fingerprint density at radius 2 is 2.50 bits per heavy atom. The Morgan fingerprint density at radius 1 is 1.72 bits per heavy atom. The van der Waals surface area contributed by atoms with Gasteiger partial charge in [-0.05, 0) is 0 Å². The van der Waals surface area contributed by atoms with E-state index in [4.69, 9.17) is 4.74 Å². The largest absolute Gasteiger partial charge is 0.393 e. The lowest BCUT2D eigenvalue weighted by molar-refractivity contribution is -0.175. The van der Waals surface area contributed by atoms with E-state index < -0.39 is 30.5 Å². The van der Waals surface area contributed by atoms with E-state index in [0.717, 1.165) is 0 Å². The zero-order chi connectivity index (χ0) is 13.2. The standard InChI is InChI=1S/C9H13N3O6/c13-4-9(6(15)5(14)3-17-9)12-18-8(16)7-10-1-2-11-7/h1-2,5-6,12-15H,3-4H2,(H,10,11)/t5-,6-,9-/m0/s1. The average molecular weight is 259 g/mol. The summed E-state index contributed by atoms with van der Waals surface area (Å²) < 4.78 is 5.01. The number of aliphatic hydroxyl groups is 3. The van der Waals surface area contributed by atoms with Gasteiger partial charge in [-0.3, -0.25) is 0 Å². The molecule has 0 saturated carbocycles. The second-order valence-electron chi connectivity index (χ2n) is 3.80. The molecule has 0 radical (unpaired) electrons. The van der Waals surface area contributed by atoms with Crippen LogP contribution >= 0.6 is 0 Å².